The van der Waals surface area contributed by atoms with Crippen LogP contribution in [0, 0.1) is 6.92 Å². The normalized spacial score (nSPS) is 10.2. The summed E-state index contributed by atoms with van der Waals surface area (Å²) in [6.45, 7) is 1.83. The summed E-state index contributed by atoms with van der Waals surface area (Å²) in [4.78, 5) is 8.18. The lowest BCUT2D eigenvalue weighted by Gasteiger charge is -1.99. The number of nitrogen functional groups attached to an aromatic ring is 1. The summed E-state index contributed by atoms with van der Waals surface area (Å²) in [6, 6.07) is 1.78. The van der Waals surface area contributed by atoms with Gasteiger partial charge in [0.05, 0.1) is 18.1 Å². The number of nitrogens with two attached hydrogens (primary N) is 1. The van der Waals surface area contributed by atoms with Gasteiger partial charge in [-0.15, -0.1) is 0 Å². The van der Waals surface area contributed by atoms with Gasteiger partial charge in [-0.1, -0.05) is 0 Å². The average molecular weight is 175 g/mol. The Hall–Kier alpha value is -1.91. The van der Waals surface area contributed by atoms with Crippen molar-refractivity contribution in [3.63, 3.8) is 0 Å². The lowest BCUT2D eigenvalue weighted by molar-refractivity contribution is 0.828. The topological polar surface area (TPSA) is 69.6 Å². The highest BCUT2D eigenvalue weighted by atomic mass is 15.3. The second-order valence-corrected chi connectivity index (χ2v) is 2.68. The smallest absolute Gasteiger partial charge is 0.157 e. The molecule has 0 aliphatic carbocycles. The Morgan fingerprint density at radius 3 is 2.92 bits per heavy atom. The minimum absolute atomic E-state index is 0.622. The van der Waals surface area contributed by atoms with Crippen molar-refractivity contribution in [2.24, 2.45) is 0 Å². The summed E-state index contributed by atoms with van der Waals surface area (Å²) in [5.41, 5.74) is 6.15. The maximum Gasteiger partial charge on any atom is 0.157 e. The Balaban J connectivity index is 2.46. The predicted octanol–water partition coefficient (Wildman–Crippen LogP) is 0.553. The Labute approximate surface area is 75.2 Å². The van der Waals surface area contributed by atoms with Gasteiger partial charge in [-0.25, -0.2) is 14.6 Å². The third-order valence-electron chi connectivity index (χ3n) is 1.60. The van der Waals surface area contributed by atoms with Crippen LogP contribution in [0.5, 0.6) is 0 Å². The zero-order valence-electron chi connectivity index (χ0n) is 7.18. The van der Waals surface area contributed by atoms with Crippen molar-refractivity contribution in [3.8, 4) is 5.82 Å². The highest BCUT2D eigenvalue weighted by molar-refractivity contribution is 5.34. The van der Waals surface area contributed by atoms with Gasteiger partial charge in [-0.05, 0) is 6.92 Å². The van der Waals surface area contributed by atoms with E-state index in [0.29, 0.717) is 11.5 Å². The minimum atomic E-state index is 0.622. The monoisotopic (exact) mass is 175 g/mol. The highest BCUT2D eigenvalue weighted by Gasteiger charge is 1.99. The molecule has 0 unspecified atom stereocenters. The number of aromatic nitrogens is 4. The Kier molecular flexibility index (Phi) is 1.70. The molecule has 0 radical (unpaired) electrons. The first kappa shape index (κ1) is 7.72. The van der Waals surface area contributed by atoms with Crippen molar-refractivity contribution >= 4 is 5.69 Å². The Morgan fingerprint density at radius 2 is 2.31 bits per heavy atom. The number of aryl methyl sites for hydroxylation is 1. The summed E-state index contributed by atoms with van der Waals surface area (Å²) < 4.78 is 1.62. The van der Waals surface area contributed by atoms with Crippen LogP contribution in [0.15, 0.2) is 24.7 Å². The van der Waals surface area contributed by atoms with Gasteiger partial charge in [0.2, 0.25) is 0 Å². The Bertz CT molecular complexity index is 420. The van der Waals surface area contributed by atoms with E-state index in [-0.39, 0.29) is 0 Å². The van der Waals surface area contributed by atoms with E-state index >= 15 is 0 Å². The third kappa shape index (κ3) is 1.48. The molecule has 66 valence electrons. The molecule has 5 heteroatoms. The van der Waals surface area contributed by atoms with Crippen LogP contribution >= 0.6 is 0 Å². The highest BCUT2D eigenvalue weighted by Crippen LogP contribution is 2.05. The zero-order valence-corrected chi connectivity index (χ0v) is 7.18. The van der Waals surface area contributed by atoms with Gasteiger partial charge in [0.15, 0.2) is 5.82 Å². The van der Waals surface area contributed by atoms with Crippen molar-refractivity contribution in [2.45, 2.75) is 6.92 Å². The summed E-state index contributed by atoms with van der Waals surface area (Å²) in [5.74, 6) is 1.44. The molecular formula is C8H9N5. The quantitative estimate of drug-likeness (QED) is 0.687. The first-order valence-corrected chi connectivity index (χ1v) is 3.86. The molecule has 0 fully saturated rings. The van der Waals surface area contributed by atoms with E-state index in [9.17, 15) is 0 Å². The molecule has 0 spiro atoms. The zero-order chi connectivity index (χ0) is 9.26. The van der Waals surface area contributed by atoms with E-state index < -0.39 is 0 Å². The summed E-state index contributed by atoms with van der Waals surface area (Å²) in [5, 5.41) is 4.03. The number of hydrogen-bond acceptors (Lipinski definition) is 4. The molecule has 2 aromatic heterocycles. The maximum atomic E-state index is 5.53. The lowest BCUT2D eigenvalue weighted by Crippen LogP contribution is -1.99. The van der Waals surface area contributed by atoms with Crippen LogP contribution in [-0.2, 0) is 0 Å². The van der Waals surface area contributed by atoms with Gasteiger partial charge in [0.1, 0.15) is 5.82 Å². The molecule has 0 saturated heterocycles. The van der Waals surface area contributed by atoms with Gasteiger partial charge in [0.25, 0.3) is 0 Å². The number of anilines is 1. The first-order valence-electron chi connectivity index (χ1n) is 3.86. The molecule has 0 aromatic carbocycles. The average Bonchev–Trinajstić information content (AvgIpc) is 2.52. The van der Waals surface area contributed by atoms with Gasteiger partial charge in [-0.2, -0.15) is 5.10 Å². The molecule has 2 aromatic rings. The fourth-order valence-electron chi connectivity index (χ4n) is 1.03. The van der Waals surface area contributed by atoms with Crippen molar-refractivity contribution in [2.75, 3.05) is 5.73 Å². The van der Waals surface area contributed by atoms with E-state index in [4.69, 9.17) is 5.73 Å². The molecule has 0 saturated carbocycles. The number of rotatable bonds is 1. The van der Waals surface area contributed by atoms with Gasteiger partial charge in [0, 0.05) is 12.3 Å². The number of nitrogens with zero attached hydrogens (tertiary/aromatic N) is 4. The van der Waals surface area contributed by atoms with E-state index in [1.807, 2.05) is 6.92 Å². The van der Waals surface area contributed by atoms with E-state index in [1.165, 1.54) is 0 Å². The summed E-state index contributed by atoms with van der Waals surface area (Å²) in [7, 11) is 0. The molecule has 2 heterocycles. The van der Waals surface area contributed by atoms with Crippen LogP contribution in [0.3, 0.4) is 0 Å². The van der Waals surface area contributed by atoms with Gasteiger partial charge >= 0.3 is 0 Å². The predicted molar refractivity (Wildman–Crippen MR) is 48.3 cm³/mol. The largest absolute Gasteiger partial charge is 0.396 e. The van der Waals surface area contributed by atoms with Crippen molar-refractivity contribution < 1.29 is 0 Å². The molecule has 0 aliphatic heterocycles. The van der Waals surface area contributed by atoms with Crippen LogP contribution in [0.25, 0.3) is 5.82 Å². The molecule has 0 atom stereocenters. The third-order valence-corrected chi connectivity index (χ3v) is 1.60. The van der Waals surface area contributed by atoms with Gasteiger partial charge in [-0.3, -0.25) is 0 Å². The standard InChI is InChI=1S/C8H9N5/c1-6-10-3-2-8(12-6)13-5-7(9)4-11-13/h2-5H,9H2,1H3. The summed E-state index contributed by atoms with van der Waals surface area (Å²) in [6.07, 6.45) is 4.98. The molecule has 0 amide bonds. The van der Waals surface area contributed by atoms with Crippen LogP contribution < -0.4 is 5.73 Å². The second kappa shape index (κ2) is 2.85. The molecule has 2 N–H and O–H groups in total. The lowest BCUT2D eigenvalue weighted by atomic mass is 10.5. The van der Waals surface area contributed by atoms with E-state index in [2.05, 4.69) is 15.1 Å². The number of hydrogen-bond donors (Lipinski definition) is 1. The second-order valence-electron chi connectivity index (χ2n) is 2.68. The molecule has 0 aliphatic rings. The van der Waals surface area contributed by atoms with Crippen LogP contribution in [0.4, 0.5) is 5.69 Å². The van der Waals surface area contributed by atoms with E-state index in [1.54, 1.807) is 29.3 Å². The van der Waals surface area contributed by atoms with Crippen molar-refractivity contribution in [1.29, 1.82) is 0 Å². The molecular weight excluding hydrogens is 166 g/mol. The van der Waals surface area contributed by atoms with Crippen molar-refractivity contribution in [3.05, 3.63) is 30.5 Å². The Morgan fingerprint density at radius 1 is 1.46 bits per heavy atom. The first-order chi connectivity index (χ1) is 6.25. The molecule has 0 bridgehead atoms. The molecule has 13 heavy (non-hydrogen) atoms. The van der Waals surface area contributed by atoms with E-state index in [0.717, 1.165) is 5.82 Å². The summed E-state index contributed by atoms with van der Waals surface area (Å²) >= 11 is 0. The van der Waals surface area contributed by atoms with Crippen molar-refractivity contribution in [1.82, 2.24) is 19.7 Å². The minimum Gasteiger partial charge on any atom is -0.396 e. The van der Waals surface area contributed by atoms with Crippen LogP contribution in [0.1, 0.15) is 5.82 Å². The van der Waals surface area contributed by atoms with Crippen LogP contribution in [-0.4, -0.2) is 19.7 Å². The molecule has 5 nitrogen and oxygen atoms in total. The molecule has 2 rings (SSSR count). The fraction of sp³-hybridized carbons (Fsp3) is 0.125. The fourth-order valence-corrected chi connectivity index (χ4v) is 1.03. The SMILES string of the molecule is Cc1nccc(-n2cc(N)cn2)n1. The van der Waals surface area contributed by atoms with Crippen LogP contribution in [0.2, 0.25) is 0 Å². The van der Waals surface area contributed by atoms with Gasteiger partial charge < -0.3 is 5.73 Å². The maximum absolute atomic E-state index is 5.53.